The van der Waals surface area contributed by atoms with Crippen LogP contribution in [-0.2, 0) is 24.4 Å². The van der Waals surface area contributed by atoms with Crippen molar-refractivity contribution in [2.24, 2.45) is 11.8 Å². The van der Waals surface area contributed by atoms with Crippen LogP contribution < -0.4 is 16.6 Å². The normalized spacial score (nSPS) is 12.6. The minimum Gasteiger partial charge on any atom is -0.348 e. The van der Waals surface area contributed by atoms with Gasteiger partial charge in [0.2, 0.25) is 5.91 Å². The number of imidazole rings is 1. The van der Waals surface area contributed by atoms with Crippen LogP contribution in [0, 0.1) is 17.7 Å². The lowest BCUT2D eigenvalue weighted by molar-refractivity contribution is -0.122. The van der Waals surface area contributed by atoms with E-state index >= 15 is 0 Å². The van der Waals surface area contributed by atoms with Crippen LogP contribution in [0.25, 0.3) is 11.2 Å². The Morgan fingerprint density at radius 2 is 1.62 bits per heavy atom. The fraction of sp³-hybridized carbons (Fsp3) is 0.478. The summed E-state index contributed by atoms with van der Waals surface area (Å²) in [4.78, 5) is 43.5. The number of benzene rings is 1. The summed E-state index contributed by atoms with van der Waals surface area (Å²) in [6.07, 6.45) is 1.57. The van der Waals surface area contributed by atoms with Crippen molar-refractivity contribution in [3.8, 4) is 0 Å². The van der Waals surface area contributed by atoms with Gasteiger partial charge in [-0.05, 0) is 36.5 Å². The van der Waals surface area contributed by atoms with Crippen molar-refractivity contribution >= 4 is 17.1 Å². The van der Waals surface area contributed by atoms with Crippen molar-refractivity contribution in [3.05, 3.63) is 62.8 Å². The third-order valence-corrected chi connectivity index (χ3v) is 5.14. The van der Waals surface area contributed by atoms with E-state index in [-0.39, 0.29) is 17.7 Å². The van der Waals surface area contributed by atoms with E-state index in [1.54, 1.807) is 30.0 Å². The molecule has 1 aromatic carbocycles. The maximum atomic E-state index is 13.2. The quantitative estimate of drug-likeness (QED) is 0.580. The predicted octanol–water partition coefficient (Wildman–Crippen LogP) is 2.69. The largest absolute Gasteiger partial charge is 0.348 e. The van der Waals surface area contributed by atoms with Gasteiger partial charge >= 0.3 is 5.69 Å². The number of hydrogen-bond donors (Lipinski definition) is 1. The molecule has 2 heterocycles. The Kier molecular flexibility index (Phi) is 6.96. The number of amides is 1. The highest BCUT2D eigenvalue weighted by Crippen LogP contribution is 2.13. The number of carbonyl (C=O) groups is 1. The van der Waals surface area contributed by atoms with E-state index in [4.69, 9.17) is 0 Å². The molecule has 9 heteroatoms. The number of nitrogens with zero attached hydrogens (tertiary/aromatic N) is 4. The first-order valence-corrected chi connectivity index (χ1v) is 10.8. The van der Waals surface area contributed by atoms with E-state index in [9.17, 15) is 18.8 Å². The Bertz CT molecular complexity index is 1220. The molecule has 0 saturated heterocycles. The Morgan fingerprint density at radius 1 is 1.00 bits per heavy atom. The van der Waals surface area contributed by atoms with Crippen LogP contribution in [0.4, 0.5) is 4.39 Å². The zero-order chi connectivity index (χ0) is 23.6. The smallest absolute Gasteiger partial charge is 0.333 e. The van der Waals surface area contributed by atoms with Gasteiger partial charge in [-0.3, -0.25) is 14.2 Å². The molecule has 0 bridgehead atoms. The van der Waals surface area contributed by atoms with Crippen LogP contribution in [0.5, 0.6) is 0 Å². The molecular formula is C23H30FN5O3. The zero-order valence-corrected chi connectivity index (χ0v) is 19.1. The molecule has 32 heavy (non-hydrogen) atoms. The molecule has 1 atom stereocenters. The summed E-state index contributed by atoms with van der Waals surface area (Å²) < 4.78 is 17.3. The highest BCUT2D eigenvalue weighted by molar-refractivity contribution is 5.77. The van der Waals surface area contributed by atoms with Gasteiger partial charge in [-0.25, -0.2) is 18.7 Å². The molecule has 1 N–H and O–H groups in total. The average molecular weight is 444 g/mol. The van der Waals surface area contributed by atoms with Crippen molar-refractivity contribution in [1.82, 2.24) is 24.0 Å². The molecule has 1 unspecified atom stereocenters. The fourth-order valence-electron chi connectivity index (χ4n) is 3.71. The van der Waals surface area contributed by atoms with Gasteiger partial charge in [0.15, 0.2) is 11.2 Å². The number of rotatable bonds is 8. The predicted molar refractivity (Wildman–Crippen MR) is 121 cm³/mol. The highest BCUT2D eigenvalue weighted by atomic mass is 19.1. The van der Waals surface area contributed by atoms with Gasteiger partial charge in [0.25, 0.3) is 5.56 Å². The van der Waals surface area contributed by atoms with Crippen molar-refractivity contribution in [2.75, 3.05) is 0 Å². The molecule has 0 fully saturated rings. The van der Waals surface area contributed by atoms with E-state index in [0.29, 0.717) is 24.3 Å². The van der Waals surface area contributed by atoms with Crippen LogP contribution in [0.1, 0.15) is 46.2 Å². The Labute approximate surface area is 185 Å². The molecule has 3 rings (SSSR count). The van der Waals surface area contributed by atoms with Crippen LogP contribution in [0.2, 0.25) is 0 Å². The van der Waals surface area contributed by atoms with Gasteiger partial charge in [0, 0.05) is 13.1 Å². The molecule has 0 aliphatic rings. The van der Waals surface area contributed by atoms with Crippen molar-refractivity contribution in [1.29, 1.82) is 0 Å². The first-order chi connectivity index (χ1) is 15.1. The second-order valence-electron chi connectivity index (χ2n) is 8.98. The molecule has 172 valence electrons. The summed E-state index contributed by atoms with van der Waals surface area (Å²) in [6.45, 7) is 10.3. The van der Waals surface area contributed by atoms with E-state index in [1.807, 2.05) is 27.7 Å². The SMILES string of the molecule is CC(C)Cn1cnc2c1c(=O)n(CC(=O)NC(C)c1ccc(F)cc1)c(=O)n2CC(C)C. The third-order valence-electron chi connectivity index (χ3n) is 5.14. The Morgan fingerprint density at radius 3 is 2.22 bits per heavy atom. The van der Waals surface area contributed by atoms with Crippen LogP contribution >= 0.6 is 0 Å². The number of aromatic nitrogens is 4. The van der Waals surface area contributed by atoms with E-state index < -0.39 is 29.7 Å². The summed E-state index contributed by atoms with van der Waals surface area (Å²) in [7, 11) is 0. The second-order valence-corrected chi connectivity index (χ2v) is 8.98. The second kappa shape index (κ2) is 9.50. The van der Waals surface area contributed by atoms with Gasteiger partial charge in [0.05, 0.1) is 12.4 Å². The Balaban J connectivity index is 1.99. The summed E-state index contributed by atoms with van der Waals surface area (Å²) in [5.41, 5.74) is 0.280. The summed E-state index contributed by atoms with van der Waals surface area (Å²) in [6, 6.07) is 5.39. The van der Waals surface area contributed by atoms with Crippen molar-refractivity contribution < 1.29 is 9.18 Å². The lowest BCUT2D eigenvalue weighted by Crippen LogP contribution is -2.45. The maximum absolute atomic E-state index is 13.2. The topological polar surface area (TPSA) is 90.9 Å². The van der Waals surface area contributed by atoms with Crippen LogP contribution in [0.15, 0.2) is 40.2 Å². The molecule has 0 saturated carbocycles. The highest BCUT2D eigenvalue weighted by Gasteiger charge is 2.21. The molecule has 0 aliphatic carbocycles. The zero-order valence-electron chi connectivity index (χ0n) is 19.1. The summed E-state index contributed by atoms with van der Waals surface area (Å²) in [5, 5.41) is 2.78. The average Bonchev–Trinajstić information content (AvgIpc) is 3.11. The number of nitrogens with one attached hydrogen (secondary N) is 1. The van der Waals surface area contributed by atoms with Gasteiger partial charge in [-0.15, -0.1) is 0 Å². The minimum absolute atomic E-state index is 0.143. The van der Waals surface area contributed by atoms with Gasteiger partial charge in [-0.2, -0.15) is 0 Å². The molecule has 0 aliphatic heterocycles. The number of fused-ring (bicyclic) bond motifs is 1. The number of hydrogen-bond acceptors (Lipinski definition) is 4. The van der Waals surface area contributed by atoms with E-state index in [0.717, 1.165) is 10.1 Å². The first-order valence-electron chi connectivity index (χ1n) is 10.8. The lowest BCUT2D eigenvalue weighted by Gasteiger charge is -2.17. The lowest BCUT2D eigenvalue weighted by atomic mass is 10.1. The minimum atomic E-state index is -0.560. The molecule has 2 aromatic heterocycles. The van der Waals surface area contributed by atoms with Crippen LogP contribution in [0.3, 0.4) is 0 Å². The van der Waals surface area contributed by atoms with Gasteiger partial charge in [0.1, 0.15) is 12.4 Å². The van der Waals surface area contributed by atoms with E-state index in [1.165, 1.54) is 16.7 Å². The van der Waals surface area contributed by atoms with Gasteiger partial charge in [-0.1, -0.05) is 39.8 Å². The molecule has 8 nitrogen and oxygen atoms in total. The number of halogens is 1. The molecule has 3 aromatic rings. The third kappa shape index (κ3) is 4.98. The molecule has 0 spiro atoms. The van der Waals surface area contributed by atoms with Crippen LogP contribution in [-0.4, -0.2) is 24.6 Å². The standard InChI is InChI=1S/C23H30FN5O3/c1-14(2)10-27-13-25-21-20(27)22(31)29(23(32)28(21)11-15(3)4)12-19(30)26-16(5)17-6-8-18(24)9-7-17/h6-9,13-16H,10-12H2,1-5H3,(H,26,30). The Hall–Kier alpha value is -3.23. The summed E-state index contributed by atoms with van der Waals surface area (Å²) in [5.74, 6) is -0.433. The van der Waals surface area contributed by atoms with Crippen molar-refractivity contribution in [2.45, 2.75) is 60.3 Å². The van der Waals surface area contributed by atoms with Crippen molar-refractivity contribution in [3.63, 3.8) is 0 Å². The first kappa shape index (κ1) is 23.4. The molecule has 1 amide bonds. The van der Waals surface area contributed by atoms with E-state index in [2.05, 4.69) is 10.3 Å². The van der Waals surface area contributed by atoms with Gasteiger partial charge < -0.3 is 9.88 Å². The summed E-state index contributed by atoms with van der Waals surface area (Å²) >= 11 is 0. The molecular weight excluding hydrogens is 413 g/mol. The maximum Gasteiger partial charge on any atom is 0.333 e. The molecule has 0 radical (unpaired) electrons. The fourth-order valence-corrected chi connectivity index (χ4v) is 3.71. The monoisotopic (exact) mass is 443 g/mol. The number of carbonyl (C=O) groups excluding carboxylic acids is 1.